The van der Waals surface area contributed by atoms with Gasteiger partial charge >= 0.3 is 28.4 Å². The number of aryl methyl sites for hydroxylation is 2. The molecule has 2 heterocycles. The second kappa shape index (κ2) is 12.0. The average molecular weight is 641 g/mol. The molecule has 5 heteroatoms. The fraction of sp³-hybridized carbons (Fsp3) is 0.171. The van der Waals surface area contributed by atoms with E-state index in [2.05, 4.69) is 139 Å². The van der Waals surface area contributed by atoms with Crippen LogP contribution in [0.5, 0.6) is 0 Å². The van der Waals surface area contributed by atoms with Crippen LogP contribution in [0.15, 0.2) is 72.8 Å². The first-order chi connectivity index (χ1) is 18.5. The molecule has 2 aliphatic carbocycles. The molecule has 0 radical (unpaired) electrons. The van der Waals surface area contributed by atoms with E-state index in [4.69, 9.17) is 0 Å². The van der Waals surface area contributed by atoms with E-state index in [1.165, 1.54) is 89.9 Å². The van der Waals surface area contributed by atoms with E-state index in [1.807, 2.05) is 0 Å². The summed E-state index contributed by atoms with van der Waals surface area (Å²) in [7, 11) is 4.34. The average Bonchev–Trinajstić information content (AvgIpc) is 3.65. The Morgan fingerprint density at radius 2 is 0.975 bits per heavy atom. The van der Waals surface area contributed by atoms with Gasteiger partial charge in [0.15, 0.2) is 0 Å². The van der Waals surface area contributed by atoms with E-state index in [0.717, 1.165) is 0 Å². The van der Waals surface area contributed by atoms with Crippen molar-refractivity contribution in [2.24, 2.45) is 0 Å². The van der Waals surface area contributed by atoms with Crippen molar-refractivity contribution in [2.45, 2.75) is 25.9 Å². The van der Waals surface area contributed by atoms with E-state index in [9.17, 15) is 0 Å². The van der Waals surface area contributed by atoms with Crippen LogP contribution in [0.4, 0.5) is 11.4 Å². The standard InChI is InChI=1S/2C17H14N.CH2.2ClH.Zr/c2*1-11-7-8-15-14(9-11)17-13-6-4-3-5-12(13)10-16(17)18(15)2;;;;/h2*3-8,10,16H,1-2H3;1H2;2*1H;/q2*-1;;;;+2/p-2. The Bertz CT molecular complexity index is 1710. The largest absolute Gasteiger partial charge is 1.00 e. The molecule has 0 bridgehead atoms. The van der Waals surface area contributed by atoms with Crippen molar-refractivity contribution in [1.82, 2.24) is 0 Å². The first kappa shape index (κ1) is 30.3. The van der Waals surface area contributed by atoms with Crippen molar-refractivity contribution >= 4 is 38.9 Å². The Hall–Kier alpha value is -2.71. The van der Waals surface area contributed by atoms with Gasteiger partial charge < -0.3 is 34.6 Å². The van der Waals surface area contributed by atoms with Crippen LogP contribution in [0, 0.1) is 26.0 Å². The Labute approximate surface area is 264 Å². The van der Waals surface area contributed by atoms with Crippen molar-refractivity contribution in [3.8, 4) is 0 Å². The van der Waals surface area contributed by atoms with Gasteiger partial charge in [0.1, 0.15) is 0 Å². The second-order valence-electron chi connectivity index (χ2n) is 10.2. The Balaban J connectivity index is 0.000000166. The van der Waals surface area contributed by atoms with Gasteiger partial charge in [0, 0.05) is 12.1 Å². The zero-order valence-electron chi connectivity index (χ0n) is 23.1. The Morgan fingerprint density at radius 1 is 0.600 bits per heavy atom. The van der Waals surface area contributed by atoms with Gasteiger partial charge in [-0.3, -0.25) is 0 Å². The summed E-state index contributed by atoms with van der Waals surface area (Å²) < 4.78 is 3.34. The molecule has 2 atom stereocenters. The predicted molar refractivity (Wildman–Crippen MR) is 157 cm³/mol. The predicted octanol–water partition coefficient (Wildman–Crippen LogP) is -2.81. The fourth-order valence-electron chi connectivity index (χ4n) is 6.26. The molecule has 2 unspecified atom stereocenters. The summed E-state index contributed by atoms with van der Waals surface area (Å²) in [6.07, 6.45) is 4.71. The van der Waals surface area contributed by atoms with E-state index in [-0.39, 0.29) is 24.8 Å². The summed E-state index contributed by atoms with van der Waals surface area (Å²) in [6.45, 7) is 4.22. The molecule has 200 valence electrons. The fourth-order valence-corrected chi connectivity index (χ4v) is 6.26. The van der Waals surface area contributed by atoms with Crippen molar-refractivity contribution in [2.75, 3.05) is 23.9 Å². The molecule has 0 spiro atoms. The Kier molecular flexibility index (Phi) is 9.10. The quantitative estimate of drug-likeness (QED) is 0.192. The molecule has 40 heavy (non-hydrogen) atoms. The van der Waals surface area contributed by atoms with E-state index >= 15 is 0 Å². The maximum Gasteiger partial charge on any atom is -1.00 e. The third-order valence-electron chi connectivity index (χ3n) is 8.04. The summed E-state index contributed by atoms with van der Waals surface area (Å²) >= 11 is 1.30. The zero-order chi connectivity index (χ0) is 26.6. The summed E-state index contributed by atoms with van der Waals surface area (Å²) in [4.78, 5) is 4.70. The van der Waals surface area contributed by atoms with Gasteiger partial charge in [-0.15, -0.1) is 58.7 Å². The van der Waals surface area contributed by atoms with Crippen LogP contribution in [0.25, 0.3) is 23.3 Å². The van der Waals surface area contributed by atoms with Crippen molar-refractivity contribution in [3.63, 3.8) is 0 Å². The molecule has 8 rings (SSSR count). The Morgan fingerprint density at radius 3 is 1.38 bits per heavy atom. The van der Waals surface area contributed by atoms with Crippen molar-refractivity contribution < 1.29 is 49.0 Å². The zero-order valence-corrected chi connectivity index (χ0v) is 27.1. The van der Waals surface area contributed by atoms with Gasteiger partial charge in [-0.2, -0.15) is 0 Å². The number of rotatable bonds is 0. The molecule has 2 nitrogen and oxygen atoms in total. The second-order valence-corrected chi connectivity index (χ2v) is 10.2. The SMILES string of the molecule is Cc1[c-]c2c(cc1)N(C)C1C=c3ccccc3=C21.Cc1[c-]c2c(cc1)N(C)C1C=c3ccccc3=C21.[CH2]=[Zr+2].[Cl-].[Cl-]. The van der Waals surface area contributed by atoms with Crippen LogP contribution in [-0.2, 0) is 24.2 Å². The minimum absolute atomic E-state index is 0. The third-order valence-corrected chi connectivity index (χ3v) is 8.04. The van der Waals surface area contributed by atoms with Gasteiger partial charge in [0.2, 0.25) is 0 Å². The van der Waals surface area contributed by atoms with Crippen LogP contribution in [0.1, 0.15) is 22.3 Å². The molecule has 0 aromatic heterocycles. The number of fused-ring (bicyclic) bond motifs is 8. The van der Waals surface area contributed by atoms with E-state index < -0.39 is 0 Å². The number of nitrogens with zero attached hydrogens (tertiary/aromatic N) is 2. The number of benzene rings is 4. The summed E-state index contributed by atoms with van der Waals surface area (Å²) in [6, 6.07) is 33.8. The molecular weight excluding hydrogens is 611 g/mol. The van der Waals surface area contributed by atoms with Crippen molar-refractivity contribution in [1.29, 1.82) is 0 Å². The maximum absolute atomic E-state index is 3.53. The molecule has 2 aliphatic heterocycles. The minimum Gasteiger partial charge on any atom is -1.00 e. The number of anilines is 2. The summed E-state index contributed by atoms with van der Waals surface area (Å²) in [5.74, 6) is 0. The van der Waals surface area contributed by atoms with Crippen LogP contribution in [0.3, 0.4) is 0 Å². The number of likely N-dealkylation sites (N-methyl/N-ethyl adjacent to an activating group) is 2. The molecular formula is C35H30Cl2N2Zr-2. The van der Waals surface area contributed by atoms with Gasteiger partial charge in [0.05, 0.1) is 0 Å². The topological polar surface area (TPSA) is 6.48 Å². The molecule has 0 saturated carbocycles. The van der Waals surface area contributed by atoms with Gasteiger partial charge in [-0.1, -0.05) is 96.1 Å². The molecule has 0 N–H and O–H groups in total. The van der Waals surface area contributed by atoms with Gasteiger partial charge in [-0.25, -0.2) is 0 Å². The molecule has 0 fully saturated rings. The van der Waals surface area contributed by atoms with Crippen molar-refractivity contribution in [3.05, 3.63) is 128 Å². The van der Waals surface area contributed by atoms with E-state index in [0.29, 0.717) is 12.1 Å². The molecule has 4 aromatic rings. The van der Waals surface area contributed by atoms with Crippen LogP contribution in [0.2, 0.25) is 0 Å². The van der Waals surface area contributed by atoms with Crippen LogP contribution >= 0.6 is 0 Å². The first-order valence-corrected chi connectivity index (χ1v) is 14.7. The number of hydrogen-bond donors (Lipinski definition) is 0. The van der Waals surface area contributed by atoms with E-state index in [1.54, 1.807) is 0 Å². The number of hydrogen-bond acceptors (Lipinski definition) is 2. The summed E-state index contributed by atoms with van der Waals surface area (Å²) in [5.41, 5.74) is 10.4. The first-order valence-electron chi connectivity index (χ1n) is 13.0. The van der Waals surface area contributed by atoms with Gasteiger partial charge in [-0.05, 0) is 35.9 Å². The molecule has 4 aromatic carbocycles. The summed E-state index contributed by atoms with van der Waals surface area (Å²) in [5, 5.41) is 5.44. The molecule has 0 saturated heterocycles. The minimum atomic E-state index is 0. The molecule has 0 amide bonds. The van der Waals surface area contributed by atoms with Crippen LogP contribution < -0.4 is 55.5 Å². The van der Waals surface area contributed by atoms with Crippen LogP contribution in [-0.4, -0.2) is 30.4 Å². The third kappa shape index (κ3) is 4.77. The number of halogens is 2. The monoisotopic (exact) mass is 638 g/mol. The maximum atomic E-state index is 3.53. The smallest absolute Gasteiger partial charge is 1.00 e. The van der Waals surface area contributed by atoms with Gasteiger partial charge in [0.25, 0.3) is 0 Å². The normalized spacial score (nSPS) is 17.6. The molecule has 4 aliphatic rings.